The van der Waals surface area contributed by atoms with Crippen molar-refractivity contribution in [3.8, 4) is 11.5 Å². The third-order valence-corrected chi connectivity index (χ3v) is 4.26. The number of non-ortho nitro benzene ring substituents is 1. The number of ether oxygens (including phenoxy) is 2. The van der Waals surface area contributed by atoms with Crippen LogP contribution in [0.2, 0.25) is 0 Å². The molecule has 0 fully saturated rings. The van der Waals surface area contributed by atoms with Crippen LogP contribution in [0.5, 0.6) is 11.5 Å². The predicted molar refractivity (Wildman–Crippen MR) is 89.0 cm³/mol. The summed E-state index contributed by atoms with van der Waals surface area (Å²) >= 11 is 0. The van der Waals surface area contributed by atoms with Crippen LogP contribution in [-0.4, -0.2) is 32.8 Å². The van der Waals surface area contributed by atoms with Crippen molar-refractivity contribution in [2.75, 3.05) is 24.2 Å². The van der Waals surface area contributed by atoms with Crippen LogP contribution in [0.25, 0.3) is 0 Å². The molecule has 2 aromatic carbocycles. The zero-order valence-corrected chi connectivity index (χ0v) is 13.7. The van der Waals surface area contributed by atoms with Crippen LogP contribution < -0.4 is 14.2 Å². The molecule has 0 aliphatic carbocycles. The largest absolute Gasteiger partial charge is 0.494 e. The summed E-state index contributed by atoms with van der Waals surface area (Å²) in [5.41, 5.74) is -0.0648. The summed E-state index contributed by atoms with van der Waals surface area (Å²) in [7, 11) is -2.39. The molecule has 0 amide bonds. The maximum Gasteiger partial charge on any atom is 0.273 e. The fraction of sp³-hybridized carbons (Fsp3) is 0.200. The minimum atomic E-state index is -3.70. The van der Waals surface area contributed by atoms with E-state index in [0.717, 1.165) is 6.07 Å². The number of rotatable bonds is 8. The fourth-order valence-corrected chi connectivity index (χ4v) is 2.79. The summed E-state index contributed by atoms with van der Waals surface area (Å²) in [6.07, 6.45) is 0. The number of nitro groups is 1. The Morgan fingerprint density at radius 3 is 2.50 bits per heavy atom. The number of nitro benzene ring substituents is 1. The molecular weight excluding hydrogens is 336 g/mol. The molecule has 0 unspecified atom stereocenters. The Kier molecular flexibility index (Phi) is 5.59. The molecule has 0 aliphatic heterocycles. The normalized spacial score (nSPS) is 10.9. The van der Waals surface area contributed by atoms with Crippen LogP contribution >= 0.6 is 0 Å². The lowest BCUT2D eigenvalue weighted by atomic mass is 10.2. The molecule has 0 radical (unpaired) electrons. The Morgan fingerprint density at radius 2 is 1.88 bits per heavy atom. The highest BCUT2D eigenvalue weighted by Crippen LogP contribution is 2.29. The molecule has 128 valence electrons. The smallest absolute Gasteiger partial charge is 0.273 e. The molecule has 24 heavy (non-hydrogen) atoms. The van der Waals surface area contributed by atoms with Crippen molar-refractivity contribution in [3.63, 3.8) is 0 Å². The molecule has 0 saturated carbocycles. The van der Waals surface area contributed by atoms with Gasteiger partial charge in [0.15, 0.2) is 0 Å². The third kappa shape index (κ3) is 4.85. The van der Waals surface area contributed by atoms with E-state index in [4.69, 9.17) is 9.47 Å². The second-order valence-electron chi connectivity index (χ2n) is 4.72. The van der Waals surface area contributed by atoms with Gasteiger partial charge < -0.3 is 9.47 Å². The van der Waals surface area contributed by atoms with Crippen molar-refractivity contribution in [3.05, 3.63) is 58.6 Å². The number of nitrogens with one attached hydrogen (secondary N) is 1. The van der Waals surface area contributed by atoms with Gasteiger partial charge >= 0.3 is 0 Å². The Morgan fingerprint density at radius 1 is 1.17 bits per heavy atom. The van der Waals surface area contributed by atoms with E-state index in [1.54, 1.807) is 24.3 Å². The molecule has 2 aromatic rings. The predicted octanol–water partition coefficient (Wildman–Crippen LogP) is 2.42. The molecular formula is C15H16N2O6S. The lowest BCUT2D eigenvalue weighted by Gasteiger charge is -2.12. The minimum absolute atomic E-state index is 0.0331. The first kappa shape index (κ1) is 17.5. The summed E-state index contributed by atoms with van der Waals surface area (Å²) in [4.78, 5) is 10.1. The maximum atomic E-state index is 12.1. The van der Waals surface area contributed by atoms with Gasteiger partial charge in [-0.2, -0.15) is 0 Å². The standard InChI is InChI=1S/C15H16N2O6S/c1-22-15-11-12(17(18)19)7-8-14(15)16-24(20,21)10-9-23-13-5-3-2-4-6-13/h2-8,11,16H,9-10H2,1H3. The average Bonchev–Trinajstić information content (AvgIpc) is 2.55. The first-order chi connectivity index (χ1) is 11.4. The second kappa shape index (κ2) is 7.64. The highest BCUT2D eigenvalue weighted by atomic mass is 32.2. The van der Waals surface area contributed by atoms with Gasteiger partial charge in [-0.05, 0) is 18.2 Å². The van der Waals surface area contributed by atoms with E-state index in [1.807, 2.05) is 6.07 Å². The van der Waals surface area contributed by atoms with Gasteiger partial charge in [0.2, 0.25) is 10.0 Å². The SMILES string of the molecule is COc1cc([N+](=O)[O-])ccc1NS(=O)(=O)CCOc1ccccc1. The third-order valence-electron chi connectivity index (χ3n) is 3.03. The number of methoxy groups -OCH3 is 1. The summed E-state index contributed by atoms with van der Waals surface area (Å²) in [6, 6.07) is 12.5. The van der Waals surface area contributed by atoms with Gasteiger partial charge in [-0.25, -0.2) is 8.42 Å². The molecule has 0 aromatic heterocycles. The van der Waals surface area contributed by atoms with Crippen molar-refractivity contribution in [2.24, 2.45) is 0 Å². The molecule has 8 nitrogen and oxygen atoms in total. The van der Waals surface area contributed by atoms with E-state index in [0.29, 0.717) is 5.75 Å². The maximum absolute atomic E-state index is 12.1. The monoisotopic (exact) mass is 352 g/mol. The molecule has 0 atom stereocenters. The summed E-state index contributed by atoms with van der Waals surface area (Å²) in [5.74, 6) is 0.361. The van der Waals surface area contributed by atoms with E-state index in [2.05, 4.69) is 4.72 Å². The van der Waals surface area contributed by atoms with Crippen molar-refractivity contribution >= 4 is 21.4 Å². The Hall–Kier alpha value is -2.81. The van der Waals surface area contributed by atoms with Crippen LogP contribution in [0.4, 0.5) is 11.4 Å². The van der Waals surface area contributed by atoms with E-state index in [9.17, 15) is 18.5 Å². The molecule has 0 aliphatic rings. The van der Waals surface area contributed by atoms with E-state index in [1.165, 1.54) is 19.2 Å². The zero-order chi connectivity index (χ0) is 17.6. The summed E-state index contributed by atoms with van der Waals surface area (Å²) in [5, 5.41) is 10.7. The fourth-order valence-electron chi connectivity index (χ4n) is 1.88. The quantitative estimate of drug-likeness (QED) is 0.577. The van der Waals surface area contributed by atoms with Gasteiger partial charge in [0.25, 0.3) is 5.69 Å². The van der Waals surface area contributed by atoms with Crippen LogP contribution in [0.3, 0.4) is 0 Å². The van der Waals surface area contributed by atoms with Crippen LogP contribution in [0.1, 0.15) is 0 Å². The molecule has 0 heterocycles. The van der Waals surface area contributed by atoms with E-state index < -0.39 is 14.9 Å². The van der Waals surface area contributed by atoms with Crippen LogP contribution in [-0.2, 0) is 10.0 Å². The van der Waals surface area contributed by atoms with Gasteiger partial charge in [0.1, 0.15) is 23.9 Å². The summed E-state index contributed by atoms with van der Waals surface area (Å²) in [6.45, 7) is -0.0331. The van der Waals surface area contributed by atoms with Crippen LogP contribution in [0, 0.1) is 10.1 Å². The minimum Gasteiger partial charge on any atom is -0.494 e. The number of benzene rings is 2. The first-order valence-corrected chi connectivity index (χ1v) is 8.57. The van der Waals surface area contributed by atoms with E-state index in [-0.39, 0.29) is 29.5 Å². The molecule has 1 N–H and O–H groups in total. The number of hydrogen-bond donors (Lipinski definition) is 1. The lowest BCUT2D eigenvalue weighted by molar-refractivity contribution is -0.384. The second-order valence-corrected chi connectivity index (χ2v) is 6.57. The van der Waals surface area contributed by atoms with Gasteiger partial charge in [-0.3, -0.25) is 14.8 Å². The van der Waals surface area contributed by atoms with Gasteiger partial charge in [0.05, 0.1) is 23.8 Å². The topological polar surface area (TPSA) is 108 Å². The van der Waals surface area contributed by atoms with Crippen molar-refractivity contribution in [1.29, 1.82) is 0 Å². The highest BCUT2D eigenvalue weighted by Gasteiger charge is 2.17. The Bertz CT molecular complexity index is 808. The van der Waals surface area contributed by atoms with Crippen molar-refractivity contribution in [2.45, 2.75) is 0 Å². The Labute approximate surface area is 139 Å². The number of nitrogens with zero attached hydrogens (tertiary/aromatic N) is 1. The number of anilines is 1. The number of sulfonamides is 1. The zero-order valence-electron chi connectivity index (χ0n) is 12.8. The number of hydrogen-bond acceptors (Lipinski definition) is 6. The van der Waals surface area contributed by atoms with E-state index >= 15 is 0 Å². The summed E-state index contributed by atoms with van der Waals surface area (Å²) < 4.78 is 36.9. The van der Waals surface area contributed by atoms with Gasteiger partial charge in [-0.15, -0.1) is 0 Å². The lowest BCUT2D eigenvalue weighted by Crippen LogP contribution is -2.21. The molecule has 0 spiro atoms. The average molecular weight is 352 g/mol. The van der Waals surface area contributed by atoms with Crippen molar-refractivity contribution in [1.82, 2.24) is 0 Å². The highest BCUT2D eigenvalue weighted by molar-refractivity contribution is 7.92. The number of para-hydroxylation sites is 1. The van der Waals surface area contributed by atoms with Gasteiger partial charge in [0, 0.05) is 6.07 Å². The molecule has 0 saturated heterocycles. The van der Waals surface area contributed by atoms with Gasteiger partial charge in [-0.1, -0.05) is 18.2 Å². The molecule has 9 heteroatoms. The Balaban J connectivity index is 2.02. The first-order valence-electron chi connectivity index (χ1n) is 6.92. The van der Waals surface area contributed by atoms with Crippen LogP contribution in [0.15, 0.2) is 48.5 Å². The molecule has 0 bridgehead atoms. The van der Waals surface area contributed by atoms with Crippen molar-refractivity contribution < 1.29 is 22.8 Å². The molecule has 2 rings (SSSR count).